The van der Waals surface area contributed by atoms with Crippen LogP contribution in [-0.4, -0.2) is 38.2 Å². The summed E-state index contributed by atoms with van der Waals surface area (Å²) < 4.78 is 16.3. The Bertz CT molecular complexity index is 368. The van der Waals surface area contributed by atoms with E-state index in [1.165, 1.54) is 5.57 Å². The second kappa shape index (κ2) is 6.03. The predicted octanol–water partition coefficient (Wildman–Crippen LogP) is 1.58. The van der Waals surface area contributed by atoms with E-state index in [0.717, 1.165) is 19.3 Å². The number of methoxy groups -OCH3 is 1. The largest absolute Gasteiger partial charge is 0.463 e. The van der Waals surface area contributed by atoms with Gasteiger partial charge in [0.2, 0.25) is 5.72 Å². The highest BCUT2D eigenvalue weighted by Gasteiger charge is 2.57. The molecule has 0 aliphatic carbocycles. The summed E-state index contributed by atoms with van der Waals surface area (Å²) in [5.74, 6) is -0.279. The molecule has 1 N–H and O–H groups in total. The van der Waals surface area contributed by atoms with Crippen LogP contribution >= 0.6 is 0 Å². The van der Waals surface area contributed by atoms with E-state index >= 15 is 0 Å². The minimum atomic E-state index is -1.06. The zero-order valence-electron chi connectivity index (χ0n) is 11.9. The van der Waals surface area contributed by atoms with Crippen molar-refractivity contribution in [2.24, 2.45) is 5.92 Å². The molecule has 108 valence electrons. The number of allylic oxidation sites excluding steroid dienone is 1. The Morgan fingerprint density at radius 1 is 1.53 bits per heavy atom. The lowest BCUT2D eigenvalue weighted by atomic mass is 9.83. The molecule has 0 bridgehead atoms. The Hall–Kier alpha value is -0.910. The Kier molecular flexibility index (Phi) is 4.60. The quantitative estimate of drug-likeness (QED) is 0.620. The summed E-state index contributed by atoms with van der Waals surface area (Å²) in [5, 5.41) is 3.19. The van der Waals surface area contributed by atoms with Gasteiger partial charge < -0.3 is 14.2 Å². The van der Waals surface area contributed by atoms with Gasteiger partial charge in [-0.3, -0.25) is 5.32 Å². The number of hydrogen-bond donors (Lipinski definition) is 1. The van der Waals surface area contributed by atoms with Crippen LogP contribution in [-0.2, 0) is 19.0 Å². The molecule has 0 aromatic carbocycles. The number of carbonyl (C=O) groups excluding carboxylic acids is 1. The minimum absolute atomic E-state index is 0.0536. The zero-order valence-corrected chi connectivity index (χ0v) is 11.9. The van der Waals surface area contributed by atoms with E-state index in [4.69, 9.17) is 14.2 Å². The maximum absolute atomic E-state index is 12.3. The van der Waals surface area contributed by atoms with Crippen molar-refractivity contribution in [1.82, 2.24) is 5.32 Å². The van der Waals surface area contributed by atoms with Crippen LogP contribution in [0.5, 0.6) is 0 Å². The number of carbonyl (C=O) groups is 1. The van der Waals surface area contributed by atoms with Crippen LogP contribution in [0.4, 0.5) is 0 Å². The molecule has 2 aliphatic rings. The van der Waals surface area contributed by atoms with E-state index in [-0.39, 0.29) is 18.1 Å². The third kappa shape index (κ3) is 2.55. The topological polar surface area (TPSA) is 56.8 Å². The van der Waals surface area contributed by atoms with Gasteiger partial charge in [0.15, 0.2) is 0 Å². The van der Waals surface area contributed by atoms with E-state index in [0.29, 0.717) is 13.2 Å². The second-order valence-corrected chi connectivity index (χ2v) is 4.93. The molecule has 0 aromatic heterocycles. The van der Waals surface area contributed by atoms with Gasteiger partial charge in [-0.15, -0.1) is 0 Å². The van der Waals surface area contributed by atoms with Crippen LogP contribution in [0.15, 0.2) is 11.6 Å². The molecule has 0 amide bonds. The van der Waals surface area contributed by atoms with Gasteiger partial charge in [-0.05, 0) is 31.8 Å². The van der Waals surface area contributed by atoms with Crippen molar-refractivity contribution in [2.75, 3.05) is 20.3 Å². The fourth-order valence-corrected chi connectivity index (χ4v) is 2.96. The molecule has 5 nitrogen and oxygen atoms in total. The molecule has 0 spiro atoms. The summed E-state index contributed by atoms with van der Waals surface area (Å²) in [4.78, 5) is 12.3. The molecule has 3 unspecified atom stereocenters. The second-order valence-electron chi connectivity index (χ2n) is 4.93. The predicted molar refractivity (Wildman–Crippen MR) is 70.3 cm³/mol. The van der Waals surface area contributed by atoms with Gasteiger partial charge >= 0.3 is 5.97 Å². The number of hydrogen-bond acceptors (Lipinski definition) is 5. The summed E-state index contributed by atoms with van der Waals surface area (Å²) >= 11 is 0. The smallest absolute Gasteiger partial charge is 0.354 e. The van der Waals surface area contributed by atoms with Crippen LogP contribution in [0.3, 0.4) is 0 Å². The van der Waals surface area contributed by atoms with Gasteiger partial charge in [0.1, 0.15) is 6.23 Å². The van der Waals surface area contributed by atoms with Gasteiger partial charge in [0.25, 0.3) is 0 Å². The molecule has 2 aliphatic heterocycles. The molecule has 2 rings (SSSR count). The first-order valence-electron chi connectivity index (χ1n) is 6.98. The SMILES string of the molecule is CC/C=C1/COC2(C(=O)OCC)NC(OC)CCC12. The highest BCUT2D eigenvalue weighted by atomic mass is 16.6. The molecule has 0 saturated carbocycles. The molecular formula is C14H23NO4. The number of piperidine rings is 1. The van der Waals surface area contributed by atoms with Crippen molar-refractivity contribution >= 4 is 5.97 Å². The van der Waals surface area contributed by atoms with Crippen molar-refractivity contribution in [3.05, 3.63) is 11.6 Å². The van der Waals surface area contributed by atoms with Gasteiger partial charge in [-0.2, -0.15) is 0 Å². The highest BCUT2D eigenvalue weighted by molar-refractivity contribution is 5.81. The van der Waals surface area contributed by atoms with E-state index < -0.39 is 5.72 Å². The Morgan fingerprint density at radius 3 is 2.95 bits per heavy atom. The molecular weight excluding hydrogens is 246 g/mol. The van der Waals surface area contributed by atoms with Crippen molar-refractivity contribution in [3.8, 4) is 0 Å². The average Bonchev–Trinajstić information content (AvgIpc) is 2.79. The lowest BCUT2D eigenvalue weighted by molar-refractivity contribution is -0.188. The number of fused-ring (bicyclic) bond motifs is 1. The lowest BCUT2D eigenvalue weighted by Crippen LogP contribution is -2.63. The number of ether oxygens (including phenoxy) is 3. The molecule has 3 atom stereocenters. The van der Waals surface area contributed by atoms with E-state index in [1.807, 2.05) is 0 Å². The molecule has 0 radical (unpaired) electrons. The molecule has 2 saturated heterocycles. The van der Waals surface area contributed by atoms with Crippen LogP contribution in [0, 0.1) is 5.92 Å². The maximum Gasteiger partial charge on any atom is 0.354 e. The van der Waals surface area contributed by atoms with Gasteiger partial charge in [0.05, 0.1) is 13.2 Å². The zero-order chi connectivity index (χ0) is 13.9. The number of rotatable bonds is 4. The standard InChI is InChI=1S/C14H23NO4/c1-4-6-10-9-19-14(13(16)18-5-2)11(10)7-8-12(15-14)17-3/h6,11-12,15H,4-5,7-9H2,1-3H3/b10-6-. The van der Waals surface area contributed by atoms with Crippen LogP contribution in [0.2, 0.25) is 0 Å². The van der Waals surface area contributed by atoms with E-state index in [2.05, 4.69) is 18.3 Å². The lowest BCUT2D eigenvalue weighted by Gasteiger charge is -2.40. The number of esters is 1. The van der Waals surface area contributed by atoms with Crippen LogP contribution < -0.4 is 5.32 Å². The van der Waals surface area contributed by atoms with Crippen molar-refractivity contribution in [2.45, 2.75) is 45.1 Å². The first kappa shape index (κ1) is 14.5. The molecule has 0 aromatic rings. The van der Waals surface area contributed by atoms with E-state index in [9.17, 15) is 4.79 Å². The van der Waals surface area contributed by atoms with Crippen LogP contribution in [0.1, 0.15) is 33.1 Å². The molecule has 19 heavy (non-hydrogen) atoms. The van der Waals surface area contributed by atoms with E-state index in [1.54, 1.807) is 14.0 Å². The Balaban J connectivity index is 2.27. The third-order valence-electron chi connectivity index (χ3n) is 3.83. The summed E-state index contributed by atoms with van der Waals surface area (Å²) in [7, 11) is 1.63. The summed E-state index contributed by atoms with van der Waals surface area (Å²) in [6.45, 7) is 4.73. The van der Waals surface area contributed by atoms with Gasteiger partial charge in [0, 0.05) is 13.0 Å². The van der Waals surface area contributed by atoms with Crippen molar-refractivity contribution in [1.29, 1.82) is 0 Å². The van der Waals surface area contributed by atoms with Crippen molar-refractivity contribution < 1.29 is 19.0 Å². The molecule has 2 fully saturated rings. The first-order chi connectivity index (χ1) is 9.17. The van der Waals surface area contributed by atoms with Crippen molar-refractivity contribution in [3.63, 3.8) is 0 Å². The Morgan fingerprint density at radius 2 is 2.32 bits per heavy atom. The fourth-order valence-electron chi connectivity index (χ4n) is 2.96. The minimum Gasteiger partial charge on any atom is -0.463 e. The normalized spacial score (nSPS) is 36.3. The fraction of sp³-hybridized carbons (Fsp3) is 0.786. The first-order valence-corrected chi connectivity index (χ1v) is 6.98. The summed E-state index contributed by atoms with van der Waals surface area (Å²) in [6, 6.07) is 0. The average molecular weight is 269 g/mol. The highest BCUT2D eigenvalue weighted by Crippen LogP contribution is 2.42. The number of nitrogens with one attached hydrogen (secondary N) is 1. The van der Waals surface area contributed by atoms with Gasteiger partial charge in [-0.25, -0.2) is 4.79 Å². The summed E-state index contributed by atoms with van der Waals surface area (Å²) in [6.07, 6.45) is 4.67. The molecule has 2 heterocycles. The van der Waals surface area contributed by atoms with Crippen LogP contribution in [0.25, 0.3) is 0 Å². The molecule has 5 heteroatoms. The third-order valence-corrected chi connectivity index (χ3v) is 3.83. The Labute approximate surface area is 114 Å². The van der Waals surface area contributed by atoms with Gasteiger partial charge in [-0.1, -0.05) is 13.0 Å². The summed E-state index contributed by atoms with van der Waals surface area (Å²) in [5.41, 5.74) is 0.133. The maximum atomic E-state index is 12.3. The monoisotopic (exact) mass is 269 g/mol.